The van der Waals surface area contributed by atoms with E-state index < -0.39 is 0 Å². The zero-order chi connectivity index (χ0) is 12.4. The lowest BCUT2D eigenvalue weighted by molar-refractivity contribution is 1.05. The lowest BCUT2D eigenvalue weighted by Crippen LogP contribution is -1.95. The van der Waals surface area contributed by atoms with Gasteiger partial charge in [-0.3, -0.25) is 0 Å². The highest BCUT2D eigenvalue weighted by Gasteiger charge is 2.09. The second-order valence-corrected chi connectivity index (χ2v) is 5.14. The normalized spacial score (nSPS) is 10.5. The largest absolute Gasteiger partial charge is 0.394 e. The number of anilines is 1. The molecule has 0 saturated carbocycles. The summed E-state index contributed by atoms with van der Waals surface area (Å²) in [5.41, 5.74) is 8.70. The van der Waals surface area contributed by atoms with Crippen LogP contribution in [0.2, 0.25) is 5.15 Å². The quantitative estimate of drug-likeness (QED) is 0.845. The number of aromatic nitrogens is 2. The Kier molecular flexibility index (Phi) is 3.54. The minimum atomic E-state index is 0.298. The molecule has 0 aliphatic heterocycles. The van der Waals surface area contributed by atoms with Gasteiger partial charge in [-0.25, -0.2) is 9.97 Å². The van der Waals surface area contributed by atoms with Crippen molar-refractivity contribution in [2.24, 2.45) is 0 Å². The number of aryl methyl sites for hydroxylation is 2. The van der Waals surface area contributed by atoms with Crippen molar-refractivity contribution in [3.63, 3.8) is 0 Å². The summed E-state index contributed by atoms with van der Waals surface area (Å²) in [5, 5.41) is 0.990. The van der Waals surface area contributed by atoms with Crippen molar-refractivity contribution in [2.75, 3.05) is 5.73 Å². The van der Waals surface area contributed by atoms with E-state index in [2.05, 4.69) is 42.0 Å². The Hall–Kier alpha value is -1.26. The molecular formula is C12H12ClN3S. The van der Waals surface area contributed by atoms with Crippen LogP contribution in [-0.2, 0) is 0 Å². The van der Waals surface area contributed by atoms with Crippen LogP contribution in [0.4, 0.5) is 5.69 Å². The first-order chi connectivity index (χ1) is 8.08. The smallest absolute Gasteiger partial charge is 0.156 e. The van der Waals surface area contributed by atoms with E-state index in [1.165, 1.54) is 29.2 Å². The lowest BCUT2D eigenvalue weighted by Gasteiger charge is -2.08. The van der Waals surface area contributed by atoms with Crippen LogP contribution in [-0.4, -0.2) is 9.97 Å². The molecule has 1 aromatic heterocycles. The topological polar surface area (TPSA) is 51.8 Å². The number of benzene rings is 1. The third-order valence-electron chi connectivity index (χ3n) is 2.34. The average Bonchev–Trinajstić information content (AvgIpc) is 2.28. The lowest BCUT2D eigenvalue weighted by atomic mass is 10.2. The van der Waals surface area contributed by atoms with Crippen LogP contribution >= 0.6 is 23.4 Å². The van der Waals surface area contributed by atoms with Gasteiger partial charge in [-0.05, 0) is 25.5 Å². The monoisotopic (exact) mass is 265 g/mol. The maximum absolute atomic E-state index is 5.86. The molecule has 0 aliphatic rings. The van der Waals surface area contributed by atoms with Gasteiger partial charge in [0.1, 0.15) is 17.0 Å². The van der Waals surface area contributed by atoms with Gasteiger partial charge in [-0.15, -0.1) is 0 Å². The van der Waals surface area contributed by atoms with Crippen LogP contribution in [0.3, 0.4) is 0 Å². The van der Waals surface area contributed by atoms with Gasteiger partial charge >= 0.3 is 0 Å². The van der Waals surface area contributed by atoms with E-state index in [1.807, 2.05) is 0 Å². The molecule has 0 spiro atoms. The minimum absolute atomic E-state index is 0.298. The summed E-state index contributed by atoms with van der Waals surface area (Å²) in [6.45, 7) is 4.13. The number of hydrogen-bond donors (Lipinski definition) is 1. The molecule has 0 fully saturated rings. The van der Waals surface area contributed by atoms with Gasteiger partial charge in [0.15, 0.2) is 5.15 Å². The first-order valence-corrected chi connectivity index (χ1v) is 6.28. The van der Waals surface area contributed by atoms with Crippen molar-refractivity contribution in [3.8, 4) is 0 Å². The molecule has 0 aliphatic carbocycles. The summed E-state index contributed by atoms with van der Waals surface area (Å²) in [4.78, 5) is 9.10. The molecule has 2 rings (SSSR count). The second-order valence-electron chi connectivity index (χ2n) is 3.75. The van der Waals surface area contributed by atoms with Crippen molar-refractivity contribution in [1.29, 1.82) is 0 Å². The van der Waals surface area contributed by atoms with Gasteiger partial charge < -0.3 is 5.73 Å². The molecule has 0 amide bonds. The number of nitrogens with zero attached hydrogens (tertiary/aromatic N) is 2. The molecule has 2 N–H and O–H groups in total. The van der Waals surface area contributed by atoms with Crippen LogP contribution in [0.5, 0.6) is 0 Å². The van der Waals surface area contributed by atoms with Crippen molar-refractivity contribution in [3.05, 3.63) is 40.8 Å². The van der Waals surface area contributed by atoms with Gasteiger partial charge in [0.25, 0.3) is 0 Å². The van der Waals surface area contributed by atoms with E-state index >= 15 is 0 Å². The Morgan fingerprint density at radius 2 is 2.00 bits per heavy atom. The van der Waals surface area contributed by atoms with Crippen LogP contribution < -0.4 is 5.73 Å². The zero-order valence-corrected chi connectivity index (χ0v) is 11.1. The highest BCUT2D eigenvalue weighted by Crippen LogP contribution is 2.34. The Morgan fingerprint density at radius 1 is 1.24 bits per heavy atom. The summed E-state index contributed by atoms with van der Waals surface area (Å²) in [7, 11) is 0. The molecule has 17 heavy (non-hydrogen) atoms. The highest BCUT2D eigenvalue weighted by atomic mass is 35.5. The fraction of sp³-hybridized carbons (Fsp3) is 0.167. The molecule has 0 saturated heterocycles. The van der Waals surface area contributed by atoms with E-state index in [0.717, 1.165) is 4.90 Å². The number of nitrogens with two attached hydrogens (primary N) is 1. The van der Waals surface area contributed by atoms with E-state index in [-0.39, 0.29) is 0 Å². The third kappa shape index (κ3) is 2.70. The maximum Gasteiger partial charge on any atom is 0.156 e. The van der Waals surface area contributed by atoms with Crippen LogP contribution in [0.15, 0.2) is 34.4 Å². The van der Waals surface area contributed by atoms with Crippen molar-refractivity contribution in [2.45, 2.75) is 23.8 Å². The van der Waals surface area contributed by atoms with Gasteiger partial charge in [0.05, 0.1) is 0 Å². The molecule has 0 bridgehead atoms. The molecule has 0 unspecified atom stereocenters. The first kappa shape index (κ1) is 12.2. The number of halogens is 1. The summed E-state index contributed by atoms with van der Waals surface area (Å²) < 4.78 is 0. The Bertz CT molecular complexity index is 557. The summed E-state index contributed by atoms with van der Waals surface area (Å²) in [6.07, 6.45) is 1.42. The maximum atomic E-state index is 5.86. The zero-order valence-electron chi connectivity index (χ0n) is 9.57. The molecule has 1 aromatic carbocycles. The Balaban J connectivity index is 2.35. The molecule has 1 heterocycles. The predicted octanol–water partition coefficient (Wildman–Crippen LogP) is 3.48. The molecule has 2 aromatic rings. The van der Waals surface area contributed by atoms with Gasteiger partial charge in [-0.2, -0.15) is 0 Å². The van der Waals surface area contributed by atoms with Crippen molar-refractivity contribution in [1.82, 2.24) is 9.97 Å². The number of nitrogen functional groups attached to an aromatic ring is 1. The number of hydrogen-bond acceptors (Lipinski definition) is 4. The first-order valence-electron chi connectivity index (χ1n) is 5.09. The van der Waals surface area contributed by atoms with Crippen LogP contribution in [0.25, 0.3) is 0 Å². The fourth-order valence-electron chi connectivity index (χ4n) is 1.46. The Labute approximate surface area is 109 Å². The van der Waals surface area contributed by atoms with E-state index in [1.54, 1.807) is 0 Å². The van der Waals surface area contributed by atoms with Crippen molar-refractivity contribution < 1.29 is 0 Å². The standard InChI is InChI=1S/C12H12ClN3S/c1-7-3-4-9(8(2)5-7)17-12-10(14)11(13)15-6-16-12/h3-6H,14H2,1-2H3. The SMILES string of the molecule is Cc1ccc(Sc2ncnc(Cl)c2N)c(C)c1. The summed E-state index contributed by atoms with van der Waals surface area (Å²) in [5.74, 6) is 0. The summed E-state index contributed by atoms with van der Waals surface area (Å²) in [6, 6.07) is 6.25. The van der Waals surface area contributed by atoms with Crippen LogP contribution in [0, 0.1) is 13.8 Å². The Morgan fingerprint density at radius 3 is 2.71 bits per heavy atom. The predicted molar refractivity (Wildman–Crippen MR) is 71.5 cm³/mol. The fourth-order valence-corrected chi connectivity index (χ4v) is 2.52. The van der Waals surface area contributed by atoms with E-state index in [4.69, 9.17) is 17.3 Å². The molecule has 88 valence electrons. The van der Waals surface area contributed by atoms with E-state index in [0.29, 0.717) is 15.9 Å². The molecule has 5 heteroatoms. The highest BCUT2D eigenvalue weighted by molar-refractivity contribution is 7.99. The molecular weight excluding hydrogens is 254 g/mol. The molecule has 0 radical (unpaired) electrons. The van der Waals surface area contributed by atoms with Gasteiger partial charge in [0, 0.05) is 4.90 Å². The van der Waals surface area contributed by atoms with Crippen LogP contribution in [0.1, 0.15) is 11.1 Å². The third-order valence-corrected chi connectivity index (χ3v) is 3.83. The summed E-state index contributed by atoms with van der Waals surface area (Å²) >= 11 is 7.36. The second kappa shape index (κ2) is 4.94. The average molecular weight is 266 g/mol. The number of rotatable bonds is 2. The molecule has 0 atom stereocenters. The van der Waals surface area contributed by atoms with Gasteiger partial charge in [0.2, 0.25) is 0 Å². The minimum Gasteiger partial charge on any atom is -0.394 e. The van der Waals surface area contributed by atoms with Gasteiger partial charge in [-0.1, -0.05) is 41.1 Å². The molecule has 3 nitrogen and oxygen atoms in total. The van der Waals surface area contributed by atoms with Crippen molar-refractivity contribution >= 4 is 29.1 Å². The van der Waals surface area contributed by atoms with E-state index in [9.17, 15) is 0 Å².